The molecule has 86 heavy (non-hydrogen) atoms. The maximum Gasteiger partial charge on any atom is 0.307 e. The summed E-state index contributed by atoms with van der Waals surface area (Å²) in [5, 5.41) is 9.95. The molecule has 0 aromatic carbocycles. The molecule has 0 aliphatic heterocycles. The largest absolute Gasteiger partial charge is 0.465 e. The Bertz CT molecular complexity index is 1360. The molecule has 18 heteroatoms. The van der Waals surface area contributed by atoms with Gasteiger partial charge in [0.2, 0.25) is 0 Å². The van der Waals surface area contributed by atoms with E-state index >= 15 is 0 Å². The van der Waals surface area contributed by atoms with Gasteiger partial charge >= 0.3 is 17.9 Å². The van der Waals surface area contributed by atoms with E-state index in [1.54, 1.807) is 32.4 Å². The van der Waals surface area contributed by atoms with Crippen molar-refractivity contribution in [3.05, 3.63) is 0 Å². The summed E-state index contributed by atoms with van der Waals surface area (Å²) in [6.45, 7) is 18.2. The van der Waals surface area contributed by atoms with E-state index in [0.29, 0.717) is 59.1 Å². The second kappa shape index (κ2) is 72.3. The number of hydrogen-bond acceptors (Lipinski definition) is 18. The fourth-order valence-corrected chi connectivity index (χ4v) is 22.4. The third-order valence-corrected chi connectivity index (χ3v) is 29.1. The molecule has 0 saturated heterocycles. The van der Waals surface area contributed by atoms with E-state index in [1.165, 1.54) is 248 Å². The van der Waals surface area contributed by atoms with E-state index in [4.69, 9.17) is 14.2 Å². The van der Waals surface area contributed by atoms with Crippen molar-refractivity contribution in [2.24, 2.45) is 17.8 Å². The van der Waals surface area contributed by atoms with E-state index in [1.807, 2.05) is 61.9 Å². The number of esters is 3. The highest BCUT2D eigenvalue weighted by Gasteiger charge is 2.17. The quantitative estimate of drug-likeness (QED) is 0.0270. The maximum absolute atomic E-state index is 13.1. The molecule has 512 valence electrons. The highest BCUT2D eigenvalue weighted by molar-refractivity contribution is 9.10. The predicted molar refractivity (Wildman–Crippen MR) is 400 cm³/mol. The Labute approximate surface area is 567 Å². The van der Waals surface area contributed by atoms with Crippen molar-refractivity contribution >= 4 is 112 Å². The fraction of sp³-hybridized carbons (Fsp3) is 0.956. The summed E-state index contributed by atoms with van der Waals surface area (Å²) < 4.78 is 17.1. The zero-order valence-corrected chi connectivity index (χ0v) is 63.6. The van der Waals surface area contributed by atoms with Gasteiger partial charge in [-0.15, -0.1) is 0 Å². The standard InChI is InChI=1S/C68H134N2O7S9/c1-7-13-19-25-28-34-41-63(38-31-22-16-10-4)60-81-84-78-57-54-75-66(72)44-49-69(50-45-67(73)76-55-58-79-85-82-61-64(39-32-23-17-11-5)42-35-29-26-20-14-8-2)47-37-48-70(52-53-71)51-46-68(74)77-56-59-80-86-83-62-65(40-33-24-18-12-6)43-36-30-27-21-15-9-3/h63-65,71H,7-62H2,1-6H3. The van der Waals surface area contributed by atoms with Gasteiger partial charge in [-0.2, -0.15) is 0 Å². The molecule has 0 rings (SSSR count). The first kappa shape index (κ1) is 87.4. The normalized spacial score (nSPS) is 12.8. The van der Waals surface area contributed by atoms with Gasteiger partial charge in [0.25, 0.3) is 0 Å². The second-order valence-electron chi connectivity index (χ2n) is 24.0. The van der Waals surface area contributed by atoms with Gasteiger partial charge in [-0.1, -0.05) is 299 Å². The second-order valence-corrected chi connectivity index (χ2v) is 37.2. The molecule has 0 aliphatic rings. The Balaban J connectivity index is 5.12. The summed E-state index contributed by atoms with van der Waals surface area (Å²) in [6.07, 6.45) is 50.0. The van der Waals surface area contributed by atoms with Crippen LogP contribution in [0.2, 0.25) is 0 Å². The Morgan fingerprint density at radius 1 is 0.314 bits per heavy atom. The molecule has 9 nitrogen and oxygen atoms in total. The molecule has 0 aromatic heterocycles. The van der Waals surface area contributed by atoms with Crippen LogP contribution in [-0.4, -0.2) is 133 Å². The number of hydrogen-bond donors (Lipinski definition) is 1. The van der Waals surface area contributed by atoms with Crippen molar-refractivity contribution in [1.29, 1.82) is 0 Å². The van der Waals surface area contributed by atoms with Gasteiger partial charge in [0, 0.05) is 60.7 Å². The van der Waals surface area contributed by atoms with Crippen LogP contribution in [0.25, 0.3) is 0 Å². The highest BCUT2D eigenvalue weighted by atomic mass is 33.5. The van der Waals surface area contributed by atoms with E-state index in [2.05, 4.69) is 51.3 Å². The minimum Gasteiger partial charge on any atom is -0.465 e. The Hall–Kier alpha value is 1.44. The molecule has 0 aliphatic carbocycles. The van der Waals surface area contributed by atoms with Gasteiger partial charge in [0.15, 0.2) is 0 Å². The van der Waals surface area contributed by atoms with E-state index in [9.17, 15) is 19.5 Å². The first-order valence-electron chi connectivity index (χ1n) is 35.5. The van der Waals surface area contributed by atoms with Gasteiger partial charge in [-0.25, -0.2) is 0 Å². The minimum absolute atomic E-state index is 0.00326. The van der Waals surface area contributed by atoms with Gasteiger partial charge in [-0.05, 0) is 105 Å². The Kier molecular flexibility index (Phi) is 73.5. The molecule has 3 atom stereocenters. The monoisotopic (exact) mass is 1380 g/mol. The average Bonchev–Trinajstić information content (AvgIpc) is 3.52. The summed E-state index contributed by atoms with van der Waals surface area (Å²) in [7, 11) is 16.8. The average molecular weight is 1380 g/mol. The molecule has 0 fully saturated rings. The molecule has 0 saturated carbocycles. The number of ether oxygens (including phenoxy) is 3. The summed E-state index contributed by atoms with van der Waals surface area (Å²) in [6, 6.07) is 0. The number of nitrogens with zero attached hydrogens (tertiary/aromatic N) is 2. The van der Waals surface area contributed by atoms with Crippen LogP contribution in [0, 0.1) is 17.8 Å². The van der Waals surface area contributed by atoms with Crippen LogP contribution >= 0.6 is 94.2 Å². The number of rotatable bonds is 72. The lowest BCUT2D eigenvalue weighted by molar-refractivity contribution is -0.144. The fourth-order valence-electron chi connectivity index (χ4n) is 10.6. The van der Waals surface area contributed by atoms with Crippen LogP contribution in [0.4, 0.5) is 0 Å². The van der Waals surface area contributed by atoms with Crippen molar-refractivity contribution in [3.8, 4) is 0 Å². The van der Waals surface area contributed by atoms with E-state index < -0.39 is 0 Å². The van der Waals surface area contributed by atoms with Crippen molar-refractivity contribution in [2.75, 3.05) is 100 Å². The minimum atomic E-state index is -0.212. The molecule has 0 heterocycles. The molecule has 0 radical (unpaired) electrons. The third kappa shape index (κ3) is 64.2. The van der Waals surface area contributed by atoms with Crippen LogP contribution in [0.1, 0.15) is 298 Å². The van der Waals surface area contributed by atoms with Crippen LogP contribution in [0.15, 0.2) is 0 Å². The predicted octanol–water partition coefficient (Wildman–Crippen LogP) is 22.9. The number of aliphatic hydroxyl groups excluding tert-OH is 1. The van der Waals surface area contributed by atoms with Crippen LogP contribution in [0.5, 0.6) is 0 Å². The lowest BCUT2D eigenvalue weighted by atomic mass is 9.96. The summed E-state index contributed by atoms with van der Waals surface area (Å²) in [4.78, 5) is 43.3. The van der Waals surface area contributed by atoms with Crippen molar-refractivity contribution < 1.29 is 33.7 Å². The zero-order chi connectivity index (χ0) is 62.7. The van der Waals surface area contributed by atoms with Gasteiger partial charge in [0.1, 0.15) is 19.8 Å². The van der Waals surface area contributed by atoms with Crippen LogP contribution in [-0.2, 0) is 28.6 Å². The van der Waals surface area contributed by atoms with Gasteiger partial charge in [-0.3, -0.25) is 14.4 Å². The molecule has 3 unspecified atom stereocenters. The molecule has 0 aromatic rings. The number of carbonyl (C=O) groups is 3. The first-order valence-corrected chi connectivity index (χ1v) is 47.0. The van der Waals surface area contributed by atoms with Crippen molar-refractivity contribution in [1.82, 2.24) is 9.80 Å². The Morgan fingerprint density at radius 3 is 0.826 bits per heavy atom. The van der Waals surface area contributed by atoms with E-state index in [-0.39, 0.29) is 43.8 Å². The SMILES string of the molecule is CCCCCCCCC(CCCCCC)CSSSCCOC(=O)CCN(CCO)CCCN(CCC(=O)OCCSSSCC(CCCCCC)CCCCCCCC)CCC(=O)OCCSSSCC(CCCCCC)CCCCCCCC. The highest BCUT2D eigenvalue weighted by Crippen LogP contribution is 2.40. The number of aliphatic hydroxyl groups is 1. The summed E-state index contributed by atoms with van der Waals surface area (Å²) in [5.74, 6) is 7.63. The smallest absolute Gasteiger partial charge is 0.307 e. The van der Waals surface area contributed by atoms with E-state index in [0.717, 1.165) is 41.4 Å². The molecular formula is C68H134N2O7S9. The lowest BCUT2D eigenvalue weighted by Crippen LogP contribution is -2.35. The third-order valence-electron chi connectivity index (χ3n) is 16.0. The summed E-state index contributed by atoms with van der Waals surface area (Å²) >= 11 is 0. The van der Waals surface area contributed by atoms with Crippen LogP contribution < -0.4 is 0 Å². The molecule has 1 N–H and O–H groups in total. The molecule has 0 bridgehead atoms. The molecular weight excluding hydrogens is 1250 g/mol. The van der Waals surface area contributed by atoms with Gasteiger partial charge < -0.3 is 29.1 Å². The molecule has 0 spiro atoms. The zero-order valence-electron chi connectivity index (χ0n) is 56.3. The summed E-state index contributed by atoms with van der Waals surface area (Å²) in [5.41, 5.74) is 0. The molecule has 0 amide bonds. The van der Waals surface area contributed by atoms with Crippen molar-refractivity contribution in [2.45, 2.75) is 298 Å². The van der Waals surface area contributed by atoms with Gasteiger partial charge in [0.05, 0.1) is 25.9 Å². The number of unbranched alkanes of at least 4 members (excludes halogenated alkanes) is 24. The van der Waals surface area contributed by atoms with Crippen LogP contribution in [0.3, 0.4) is 0 Å². The van der Waals surface area contributed by atoms with Crippen molar-refractivity contribution in [3.63, 3.8) is 0 Å². The topological polar surface area (TPSA) is 106 Å². The lowest BCUT2D eigenvalue weighted by Gasteiger charge is -2.25. The number of carbonyl (C=O) groups excluding carboxylic acids is 3. The maximum atomic E-state index is 13.1. The first-order chi connectivity index (χ1) is 42.3. The Morgan fingerprint density at radius 2 is 0.558 bits per heavy atom.